The molecule has 1 aliphatic heterocycles. The smallest absolute Gasteiger partial charge is 0.321 e. The SMILES string of the molecule is O=C(Nc1cc(Cl)nc(Cl)c1)N1CCN(C2CCCCC2)CC1. The number of hydrogen-bond acceptors (Lipinski definition) is 3. The molecule has 2 fully saturated rings. The molecule has 1 aromatic rings. The van der Waals surface area contributed by atoms with Crippen molar-refractivity contribution in [1.82, 2.24) is 14.8 Å². The molecule has 1 aromatic heterocycles. The maximum Gasteiger partial charge on any atom is 0.321 e. The number of halogens is 2. The fourth-order valence-corrected chi connectivity index (χ4v) is 3.94. The monoisotopic (exact) mass is 356 g/mol. The van der Waals surface area contributed by atoms with Crippen LogP contribution in [-0.2, 0) is 0 Å². The number of amides is 2. The second-order valence-electron chi connectivity index (χ2n) is 6.25. The van der Waals surface area contributed by atoms with Crippen LogP contribution in [0.5, 0.6) is 0 Å². The van der Waals surface area contributed by atoms with Crippen LogP contribution in [-0.4, -0.2) is 53.0 Å². The lowest BCUT2D eigenvalue weighted by molar-refractivity contribution is 0.0943. The van der Waals surface area contributed by atoms with Crippen LogP contribution < -0.4 is 5.32 Å². The zero-order valence-electron chi connectivity index (χ0n) is 13.1. The van der Waals surface area contributed by atoms with E-state index < -0.39 is 0 Å². The highest BCUT2D eigenvalue weighted by Gasteiger charge is 2.27. The standard InChI is InChI=1S/C16H22Cl2N4O/c17-14-10-12(11-15(18)20-14)19-16(23)22-8-6-21(7-9-22)13-4-2-1-3-5-13/h10-11,13H,1-9H2,(H,19,20,23). The Balaban J connectivity index is 1.51. The van der Waals surface area contributed by atoms with Crippen LogP contribution in [0.25, 0.3) is 0 Å². The molecule has 2 heterocycles. The van der Waals surface area contributed by atoms with Gasteiger partial charge in [0.05, 0.1) is 0 Å². The summed E-state index contributed by atoms with van der Waals surface area (Å²) in [6, 6.07) is 3.81. The molecule has 0 bridgehead atoms. The number of nitrogens with one attached hydrogen (secondary N) is 1. The van der Waals surface area contributed by atoms with Crippen molar-refractivity contribution >= 4 is 34.9 Å². The van der Waals surface area contributed by atoms with Gasteiger partial charge in [0.1, 0.15) is 10.3 Å². The van der Waals surface area contributed by atoms with Gasteiger partial charge in [0.25, 0.3) is 0 Å². The largest absolute Gasteiger partial charge is 0.322 e. The summed E-state index contributed by atoms with van der Waals surface area (Å²) in [5, 5.41) is 3.39. The average Bonchev–Trinajstić information content (AvgIpc) is 2.55. The second-order valence-corrected chi connectivity index (χ2v) is 7.02. The first kappa shape index (κ1) is 16.8. The second kappa shape index (κ2) is 7.69. The average molecular weight is 357 g/mol. The Hall–Kier alpha value is -1.04. The summed E-state index contributed by atoms with van der Waals surface area (Å²) in [5.41, 5.74) is 0.578. The topological polar surface area (TPSA) is 48.5 Å². The van der Waals surface area contributed by atoms with Gasteiger partial charge in [-0.1, -0.05) is 42.5 Å². The third kappa shape index (κ3) is 4.49. The fraction of sp³-hybridized carbons (Fsp3) is 0.625. The molecule has 2 aliphatic rings. The molecule has 3 rings (SSSR count). The van der Waals surface area contributed by atoms with Crippen LogP contribution in [0.3, 0.4) is 0 Å². The molecule has 2 amide bonds. The number of carbonyl (C=O) groups excluding carboxylic acids is 1. The molecule has 0 aromatic carbocycles. The van der Waals surface area contributed by atoms with Gasteiger partial charge in [0.15, 0.2) is 0 Å². The summed E-state index contributed by atoms with van der Waals surface area (Å²) in [6.07, 6.45) is 6.67. The molecule has 0 spiro atoms. The van der Waals surface area contributed by atoms with Gasteiger partial charge in [0, 0.05) is 37.9 Å². The molecular formula is C16H22Cl2N4O. The predicted octanol–water partition coefficient (Wildman–Crippen LogP) is 3.87. The lowest BCUT2D eigenvalue weighted by atomic mass is 9.94. The third-order valence-corrected chi connectivity index (χ3v) is 5.09. The zero-order valence-corrected chi connectivity index (χ0v) is 14.6. The van der Waals surface area contributed by atoms with E-state index in [9.17, 15) is 4.79 Å². The molecule has 5 nitrogen and oxygen atoms in total. The van der Waals surface area contributed by atoms with Crippen LogP contribution in [0, 0.1) is 0 Å². The number of aromatic nitrogens is 1. The van der Waals surface area contributed by atoms with Crippen molar-refractivity contribution in [3.63, 3.8) is 0 Å². The molecule has 126 valence electrons. The van der Waals surface area contributed by atoms with Crippen LogP contribution >= 0.6 is 23.2 Å². The minimum Gasteiger partial charge on any atom is -0.322 e. The van der Waals surface area contributed by atoms with Crippen LogP contribution in [0.2, 0.25) is 10.3 Å². The van der Waals surface area contributed by atoms with E-state index >= 15 is 0 Å². The summed E-state index contributed by atoms with van der Waals surface area (Å²) in [7, 11) is 0. The van der Waals surface area contributed by atoms with E-state index in [0.29, 0.717) is 11.7 Å². The molecule has 1 saturated heterocycles. The van der Waals surface area contributed by atoms with Crippen molar-refractivity contribution in [3.8, 4) is 0 Å². The summed E-state index contributed by atoms with van der Waals surface area (Å²) in [6.45, 7) is 3.43. The van der Waals surface area contributed by atoms with E-state index in [-0.39, 0.29) is 16.3 Å². The molecule has 7 heteroatoms. The molecular weight excluding hydrogens is 335 g/mol. The number of carbonyl (C=O) groups is 1. The molecule has 23 heavy (non-hydrogen) atoms. The number of hydrogen-bond donors (Lipinski definition) is 1. The Morgan fingerprint density at radius 3 is 2.26 bits per heavy atom. The first-order valence-corrected chi connectivity index (χ1v) is 9.00. The molecule has 1 aliphatic carbocycles. The maximum absolute atomic E-state index is 12.4. The minimum atomic E-state index is -0.105. The highest BCUT2D eigenvalue weighted by atomic mass is 35.5. The number of piperazine rings is 1. The Kier molecular flexibility index (Phi) is 5.62. The van der Waals surface area contributed by atoms with Gasteiger partial charge in [-0.3, -0.25) is 4.90 Å². The van der Waals surface area contributed by atoms with Crippen molar-refractivity contribution < 1.29 is 4.79 Å². The Morgan fingerprint density at radius 2 is 1.65 bits per heavy atom. The Labute approximate surface area is 146 Å². The summed E-state index contributed by atoms with van der Waals surface area (Å²) < 4.78 is 0. The fourth-order valence-electron chi connectivity index (χ4n) is 3.48. The van der Waals surface area contributed by atoms with E-state index in [2.05, 4.69) is 15.2 Å². The van der Waals surface area contributed by atoms with Crippen molar-refractivity contribution in [2.24, 2.45) is 0 Å². The van der Waals surface area contributed by atoms with Crippen molar-refractivity contribution in [3.05, 3.63) is 22.4 Å². The summed E-state index contributed by atoms with van der Waals surface area (Å²) in [5.74, 6) is 0. The van der Waals surface area contributed by atoms with Gasteiger partial charge < -0.3 is 10.2 Å². The quantitative estimate of drug-likeness (QED) is 0.818. The Morgan fingerprint density at radius 1 is 1.04 bits per heavy atom. The van der Waals surface area contributed by atoms with Crippen molar-refractivity contribution in [2.75, 3.05) is 31.5 Å². The van der Waals surface area contributed by atoms with Crippen LogP contribution in [0.1, 0.15) is 32.1 Å². The van der Waals surface area contributed by atoms with E-state index in [4.69, 9.17) is 23.2 Å². The van der Waals surface area contributed by atoms with E-state index in [0.717, 1.165) is 26.2 Å². The Bertz CT molecular complexity index is 535. The first-order chi connectivity index (χ1) is 11.1. The lowest BCUT2D eigenvalue weighted by Gasteiger charge is -2.40. The summed E-state index contributed by atoms with van der Waals surface area (Å²) >= 11 is 11.7. The molecule has 1 N–H and O–H groups in total. The van der Waals surface area contributed by atoms with Crippen LogP contribution in [0.15, 0.2) is 12.1 Å². The van der Waals surface area contributed by atoms with E-state index in [1.807, 2.05) is 4.90 Å². The summed E-state index contributed by atoms with van der Waals surface area (Å²) in [4.78, 5) is 20.6. The van der Waals surface area contributed by atoms with Gasteiger partial charge in [0.2, 0.25) is 0 Å². The highest BCUT2D eigenvalue weighted by molar-refractivity contribution is 6.32. The molecule has 0 atom stereocenters. The van der Waals surface area contributed by atoms with Gasteiger partial charge in [-0.2, -0.15) is 0 Å². The number of anilines is 1. The van der Waals surface area contributed by atoms with Crippen molar-refractivity contribution in [1.29, 1.82) is 0 Å². The number of rotatable bonds is 2. The lowest BCUT2D eigenvalue weighted by Crippen LogP contribution is -2.53. The first-order valence-electron chi connectivity index (χ1n) is 8.25. The molecule has 1 saturated carbocycles. The van der Waals surface area contributed by atoms with E-state index in [1.165, 1.54) is 32.1 Å². The van der Waals surface area contributed by atoms with Gasteiger partial charge in [-0.15, -0.1) is 0 Å². The van der Waals surface area contributed by atoms with E-state index in [1.54, 1.807) is 12.1 Å². The number of urea groups is 1. The minimum absolute atomic E-state index is 0.105. The normalized spacial score (nSPS) is 20.5. The van der Waals surface area contributed by atoms with Crippen LogP contribution in [0.4, 0.5) is 10.5 Å². The van der Waals surface area contributed by atoms with Gasteiger partial charge >= 0.3 is 6.03 Å². The highest BCUT2D eigenvalue weighted by Crippen LogP contribution is 2.24. The zero-order chi connectivity index (χ0) is 16.2. The van der Waals surface area contributed by atoms with Gasteiger partial charge in [-0.05, 0) is 25.0 Å². The third-order valence-electron chi connectivity index (χ3n) is 4.71. The molecule has 0 radical (unpaired) electrons. The van der Waals surface area contributed by atoms with Gasteiger partial charge in [-0.25, -0.2) is 9.78 Å². The predicted molar refractivity (Wildman–Crippen MR) is 93.3 cm³/mol. The number of nitrogens with zero attached hydrogens (tertiary/aromatic N) is 3. The number of pyridine rings is 1. The molecule has 0 unspecified atom stereocenters. The maximum atomic E-state index is 12.4. The van der Waals surface area contributed by atoms with Crippen molar-refractivity contribution in [2.45, 2.75) is 38.1 Å².